The number of rotatable bonds is 6. The summed E-state index contributed by atoms with van der Waals surface area (Å²) in [6.45, 7) is 4.24. The van der Waals surface area contributed by atoms with Crippen LogP contribution in [0, 0.1) is 7.14 Å². The Morgan fingerprint density at radius 3 is 1.48 bits per heavy atom. The number of carbonyl (C=O) groups excluding carboxylic acids is 2. The quantitative estimate of drug-likeness (QED) is 0.210. The lowest BCUT2D eigenvalue weighted by molar-refractivity contribution is -0.598. The highest BCUT2D eigenvalue weighted by Gasteiger charge is 2.37. The van der Waals surface area contributed by atoms with E-state index in [0.29, 0.717) is 24.3 Å². The minimum Gasteiger partial charge on any atom is -0.741 e. The van der Waals surface area contributed by atoms with Crippen molar-refractivity contribution in [2.75, 3.05) is 13.2 Å². The number of carbonyl (C=O) groups is 2. The summed E-state index contributed by atoms with van der Waals surface area (Å²) in [6, 6.07) is 14.8. The third-order valence-corrected chi connectivity index (χ3v) is 6.84. The second kappa shape index (κ2) is 12.0. The van der Waals surface area contributed by atoms with Gasteiger partial charge in [0, 0.05) is 0 Å². The molecule has 0 saturated carbocycles. The van der Waals surface area contributed by atoms with E-state index in [9.17, 15) is 22.8 Å². The standard InChI is InChI=1S/C18H18IO4.CHF3O3S/c1-3-22-17(20)13-9-5-7-11-15(13)19-16-12-8-6-10-14(16)18(21)23-4-2;2-1(3,4)8(5,6)7/h5-12H,3-4H2,1-2H3;(H,5,6,7)/q+1;/p-1. The van der Waals surface area contributed by atoms with Crippen LogP contribution in [0.25, 0.3) is 0 Å². The maximum Gasteiger partial charge on any atom is 0.485 e. The fraction of sp³-hybridized carbons (Fsp3) is 0.263. The van der Waals surface area contributed by atoms with Crippen molar-refractivity contribution in [1.29, 1.82) is 0 Å². The molecule has 0 aromatic heterocycles. The molecule has 170 valence electrons. The molecule has 12 heteroatoms. The molecule has 2 aromatic carbocycles. The van der Waals surface area contributed by atoms with Crippen molar-refractivity contribution in [3.8, 4) is 0 Å². The Balaban J connectivity index is 0.000000512. The Kier molecular flexibility index (Phi) is 10.4. The van der Waals surface area contributed by atoms with Gasteiger partial charge in [-0.2, -0.15) is 13.2 Å². The second-order valence-electron chi connectivity index (χ2n) is 5.39. The van der Waals surface area contributed by atoms with Gasteiger partial charge < -0.3 is 14.0 Å². The topological polar surface area (TPSA) is 110 Å². The fourth-order valence-electron chi connectivity index (χ4n) is 1.95. The molecule has 0 spiro atoms. The highest BCUT2D eigenvalue weighted by Crippen LogP contribution is 2.20. The van der Waals surface area contributed by atoms with Crippen molar-refractivity contribution in [3.05, 3.63) is 66.8 Å². The molecule has 0 bridgehead atoms. The normalized spacial score (nSPS) is 11.2. The van der Waals surface area contributed by atoms with Gasteiger partial charge >= 0.3 is 38.7 Å². The Labute approximate surface area is 187 Å². The van der Waals surface area contributed by atoms with Gasteiger partial charge in [0.05, 0.1) is 13.2 Å². The molecule has 0 radical (unpaired) electrons. The van der Waals surface area contributed by atoms with Crippen molar-refractivity contribution >= 4 is 22.1 Å². The molecule has 2 rings (SSSR count). The molecule has 2 aromatic rings. The van der Waals surface area contributed by atoms with E-state index in [2.05, 4.69) is 0 Å². The fourth-order valence-corrected chi connectivity index (χ4v) is 4.73. The van der Waals surface area contributed by atoms with E-state index in [0.717, 1.165) is 7.14 Å². The number of hydrogen-bond donors (Lipinski definition) is 0. The molecule has 0 fully saturated rings. The first-order valence-corrected chi connectivity index (χ1v) is 12.2. The lowest BCUT2D eigenvalue weighted by atomic mass is 10.2. The molecule has 7 nitrogen and oxygen atoms in total. The van der Waals surface area contributed by atoms with Crippen molar-refractivity contribution in [2.24, 2.45) is 0 Å². The summed E-state index contributed by atoms with van der Waals surface area (Å²) in [5, 5.41) is 0. The van der Waals surface area contributed by atoms with Crippen LogP contribution in [-0.4, -0.2) is 43.6 Å². The van der Waals surface area contributed by atoms with Crippen LogP contribution in [0.5, 0.6) is 0 Å². The first-order chi connectivity index (χ1) is 14.4. The number of esters is 2. The van der Waals surface area contributed by atoms with E-state index in [1.165, 1.54) is 0 Å². The van der Waals surface area contributed by atoms with Crippen molar-refractivity contribution in [2.45, 2.75) is 19.4 Å². The molecule has 0 aliphatic carbocycles. The molecule has 0 atom stereocenters. The van der Waals surface area contributed by atoms with Crippen LogP contribution in [0.15, 0.2) is 48.5 Å². The average Bonchev–Trinajstić information content (AvgIpc) is 2.68. The van der Waals surface area contributed by atoms with Crippen LogP contribution in [0.3, 0.4) is 0 Å². The predicted octanol–water partition coefficient (Wildman–Crippen LogP) is 0.220. The number of benzene rings is 2. The number of ether oxygens (including phenoxy) is 2. The number of hydrogen-bond acceptors (Lipinski definition) is 7. The summed E-state index contributed by atoms with van der Waals surface area (Å²) in [5.74, 6) is -0.646. The number of halogens is 4. The first-order valence-electron chi connectivity index (χ1n) is 8.61. The van der Waals surface area contributed by atoms with Gasteiger partial charge in [-0.05, 0) is 38.1 Å². The predicted molar refractivity (Wildman–Crippen MR) is 97.9 cm³/mol. The van der Waals surface area contributed by atoms with E-state index in [1.54, 1.807) is 26.0 Å². The summed E-state index contributed by atoms with van der Waals surface area (Å²) in [4.78, 5) is 24.2. The summed E-state index contributed by atoms with van der Waals surface area (Å²) in [7, 11) is -6.09. The van der Waals surface area contributed by atoms with Crippen molar-refractivity contribution in [1.82, 2.24) is 0 Å². The van der Waals surface area contributed by atoms with E-state index in [1.807, 2.05) is 36.4 Å². The van der Waals surface area contributed by atoms with E-state index < -0.39 is 36.8 Å². The second-order valence-corrected chi connectivity index (χ2v) is 9.63. The zero-order chi connectivity index (χ0) is 23.7. The summed E-state index contributed by atoms with van der Waals surface area (Å²) in [5.41, 5.74) is -4.51. The van der Waals surface area contributed by atoms with Crippen molar-refractivity contribution in [3.63, 3.8) is 0 Å². The summed E-state index contributed by atoms with van der Waals surface area (Å²) in [6.07, 6.45) is 0. The van der Waals surface area contributed by atoms with Gasteiger partial charge in [-0.15, -0.1) is 0 Å². The average molecular weight is 574 g/mol. The molecule has 0 amide bonds. The van der Waals surface area contributed by atoms with Gasteiger partial charge in [0.25, 0.3) is 0 Å². The molecule has 0 aliphatic rings. The lowest BCUT2D eigenvalue weighted by Gasteiger charge is -2.08. The third kappa shape index (κ3) is 8.45. The van der Waals surface area contributed by atoms with Crippen LogP contribution in [0.1, 0.15) is 34.6 Å². The third-order valence-electron chi connectivity index (χ3n) is 3.23. The molecule has 31 heavy (non-hydrogen) atoms. The van der Waals surface area contributed by atoms with Gasteiger partial charge in [0.15, 0.2) is 10.1 Å². The maximum absolute atomic E-state index is 12.1. The van der Waals surface area contributed by atoms with Crippen LogP contribution in [0.2, 0.25) is 0 Å². The Morgan fingerprint density at radius 1 is 0.871 bits per heavy atom. The van der Waals surface area contributed by atoms with Gasteiger partial charge in [0.1, 0.15) is 11.1 Å². The van der Waals surface area contributed by atoms with E-state index in [4.69, 9.17) is 22.4 Å². The largest absolute Gasteiger partial charge is 0.741 e. The van der Waals surface area contributed by atoms with Crippen LogP contribution < -0.4 is 21.2 Å². The lowest BCUT2D eigenvalue weighted by Crippen LogP contribution is -3.62. The Bertz CT molecular complexity index is 948. The molecule has 0 N–H and O–H groups in total. The Hall–Kier alpha value is -2.19. The minimum atomic E-state index is -6.09. The van der Waals surface area contributed by atoms with E-state index in [-0.39, 0.29) is 11.9 Å². The Morgan fingerprint density at radius 2 is 1.19 bits per heavy atom. The smallest absolute Gasteiger partial charge is 0.485 e. The molecular formula is C19H18F3IO7S. The van der Waals surface area contributed by atoms with Gasteiger partial charge in [-0.3, -0.25) is 0 Å². The zero-order valence-corrected chi connectivity index (χ0v) is 19.3. The van der Waals surface area contributed by atoms with Gasteiger partial charge in [-0.1, -0.05) is 24.3 Å². The molecule has 0 aliphatic heterocycles. The highest BCUT2D eigenvalue weighted by atomic mass is 127. The van der Waals surface area contributed by atoms with Crippen LogP contribution in [0.4, 0.5) is 13.2 Å². The van der Waals surface area contributed by atoms with Crippen LogP contribution >= 0.6 is 0 Å². The zero-order valence-electron chi connectivity index (χ0n) is 16.3. The van der Waals surface area contributed by atoms with Crippen molar-refractivity contribution < 1.29 is 66.4 Å². The summed E-state index contributed by atoms with van der Waals surface area (Å²) < 4.78 is 71.0. The SMILES string of the molecule is CCOC(=O)c1ccccc1[I+]c1ccccc1C(=O)OCC.O=S(=O)([O-])C(F)(F)F. The van der Waals surface area contributed by atoms with E-state index >= 15 is 0 Å². The number of alkyl halides is 3. The molecule has 0 heterocycles. The van der Waals surface area contributed by atoms with Crippen LogP contribution in [-0.2, 0) is 19.6 Å². The molecule has 0 saturated heterocycles. The maximum atomic E-state index is 12.1. The van der Waals surface area contributed by atoms with Gasteiger partial charge in [-0.25, -0.2) is 18.0 Å². The molecular weight excluding hydrogens is 556 g/mol. The highest BCUT2D eigenvalue weighted by molar-refractivity contribution is 7.86. The van der Waals surface area contributed by atoms with Gasteiger partial charge in [0.2, 0.25) is 7.14 Å². The summed E-state index contributed by atoms with van der Waals surface area (Å²) >= 11 is -0.706. The first kappa shape index (κ1) is 26.8. The monoisotopic (exact) mass is 574 g/mol. The minimum absolute atomic E-state index is 0.323. The molecule has 0 unspecified atom stereocenters.